The summed E-state index contributed by atoms with van der Waals surface area (Å²) in [6.45, 7) is 11.8. The van der Waals surface area contributed by atoms with E-state index in [9.17, 15) is 4.79 Å². The maximum atomic E-state index is 12.4. The van der Waals surface area contributed by atoms with Gasteiger partial charge >= 0.3 is 0 Å². The quantitative estimate of drug-likeness (QED) is 0.808. The van der Waals surface area contributed by atoms with Gasteiger partial charge in [0.05, 0.1) is 24.1 Å². The molecule has 2 aromatic heterocycles. The number of hydrogen-bond acceptors (Lipinski definition) is 5. The Balaban J connectivity index is 1.98. The van der Waals surface area contributed by atoms with Crippen LogP contribution < -0.4 is 5.32 Å². The predicted octanol–water partition coefficient (Wildman–Crippen LogP) is 2.34. The van der Waals surface area contributed by atoms with Crippen molar-refractivity contribution < 1.29 is 9.32 Å². The van der Waals surface area contributed by atoms with Gasteiger partial charge in [-0.25, -0.2) is 0 Å². The number of nitrogens with zero attached hydrogens (tertiary/aromatic N) is 4. The lowest BCUT2D eigenvalue weighted by Gasteiger charge is -2.17. The molecule has 0 fully saturated rings. The Morgan fingerprint density at radius 3 is 2.74 bits per heavy atom. The molecule has 0 aliphatic rings. The van der Waals surface area contributed by atoms with E-state index >= 15 is 0 Å². The molecule has 0 aliphatic heterocycles. The standard InChI is InChI=1S/C16H25N5O2/c1-5-14-15(12(4)23-19-14)16(22)18-13-10-17-21(11-13)9-8-20(6-2)7-3/h10-11H,5-9H2,1-4H3,(H,18,22). The summed E-state index contributed by atoms with van der Waals surface area (Å²) in [4.78, 5) is 14.7. The number of rotatable bonds is 8. The van der Waals surface area contributed by atoms with Crippen LogP contribution in [0.2, 0.25) is 0 Å². The van der Waals surface area contributed by atoms with Gasteiger partial charge in [-0.1, -0.05) is 25.9 Å². The minimum Gasteiger partial charge on any atom is -0.361 e. The van der Waals surface area contributed by atoms with E-state index in [1.54, 1.807) is 13.1 Å². The fourth-order valence-electron chi connectivity index (χ4n) is 2.48. The third-order valence-electron chi connectivity index (χ3n) is 3.93. The molecule has 7 nitrogen and oxygen atoms in total. The highest BCUT2D eigenvalue weighted by Gasteiger charge is 2.19. The van der Waals surface area contributed by atoms with Crippen molar-refractivity contribution in [2.24, 2.45) is 0 Å². The first-order valence-electron chi connectivity index (χ1n) is 8.10. The van der Waals surface area contributed by atoms with E-state index < -0.39 is 0 Å². The Kier molecular flexibility index (Phi) is 5.92. The van der Waals surface area contributed by atoms with Gasteiger partial charge in [0, 0.05) is 12.7 Å². The Hall–Kier alpha value is -2.15. The Labute approximate surface area is 136 Å². The van der Waals surface area contributed by atoms with Crippen molar-refractivity contribution in [3.63, 3.8) is 0 Å². The molecule has 126 valence electrons. The highest BCUT2D eigenvalue weighted by atomic mass is 16.5. The average Bonchev–Trinajstić information content (AvgIpc) is 3.14. The number of amides is 1. The first-order chi connectivity index (χ1) is 11.1. The number of nitrogens with one attached hydrogen (secondary N) is 1. The highest BCUT2D eigenvalue weighted by Crippen LogP contribution is 2.16. The molecule has 0 aliphatic carbocycles. The van der Waals surface area contributed by atoms with Crippen molar-refractivity contribution in [2.45, 2.75) is 40.7 Å². The van der Waals surface area contributed by atoms with Crippen LogP contribution in [0.4, 0.5) is 5.69 Å². The molecule has 2 rings (SSSR count). The number of aryl methyl sites for hydroxylation is 2. The van der Waals surface area contributed by atoms with Crippen molar-refractivity contribution in [3.8, 4) is 0 Å². The SMILES string of the molecule is CCc1noc(C)c1C(=O)Nc1cnn(CCN(CC)CC)c1. The van der Waals surface area contributed by atoms with E-state index in [4.69, 9.17) is 4.52 Å². The van der Waals surface area contributed by atoms with Crippen molar-refractivity contribution in [1.29, 1.82) is 0 Å². The van der Waals surface area contributed by atoms with Gasteiger partial charge in [-0.05, 0) is 26.4 Å². The third kappa shape index (κ3) is 4.19. The molecular formula is C16H25N5O2. The number of carbonyl (C=O) groups is 1. The average molecular weight is 319 g/mol. The molecule has 7 heteroatoms. The molecule has 2 aromatic rings. The lowest BCUT2D eigenvalue weighted by atomic mass is 10.1. The van der Waals surface area contributed by atoms with E-state index in [-0.39, 0.29) is 5.91 Å². The van der Waals surface area contributed by atoms with Crippen LogP contribution in [0, 0.1) is 6.92 Å². The van der Waals surface area contributed by atoms with Crippen LogP contribution in [-0.2, 0) is 13.0 Å². The summed E-state index contributed by atoms with van der Waals surface area (Å²) < 4.78 is 6.95. The first kappa shape index (κ1) is 17.2. The van der Waals surface area contributed by atoms with Crippen molar-refractivity contribution in [3.05, 3.63) is 29.4 Å². The third-order valence-corrected chi connectivity index (χ3v) is 3.93. The molecule has 1 amide bonds. The topological polar surface area (TPSA) is 76.2 Å². The smallest absolute Gasteiger partial charge is 0.261 e. The maximum absolute atomic E-state index is 12.4. The summed E-state index contributed by atoms with van der Waals surface area (Å²) in [5.74, 6) is 0.331. The second-order valence-corrected chi connectivity index (χ2v) is 5.39. The molecule has 0 atom stereocenters. The number of likely N-dealkylation sites (N-methyl/N-ethyl adjacent to an activating group) is 1. The van der Waals surface area contributed by atoms with Crippen molar-refractivity contribution >= 4 is 11.6 Å². The normalized spacial score (nSPS) is 11.2. The molecule has 0 spiro atoms. The van der Waals surface area contributed by atoms with E-state index in [1.807, 2.05) is 17.8 Å². The highest BCUT2D eigenvalue weighted by molar-refractivity contribution is 6.05. The molecule has 2 heterocycles. The minimum absolute atomic E-state index is 0.205. The summed E-state index contributed by atoms with van der Waals surface area (Å²) in [6.07, 6.45) is 4.16. The van der Waals surface area contributed by atoms with Crippen LogP contribution in [0.5, 0.6) is 0 Å². The zero-order valence-corrected chi connectivity index (χ0v) is 14.3. The Bertz CT molecular complexity index is 643. The van der Waals surface area contributed by atoms with Gasteiger partial charge in [0.25, 0.3) is 5.91 Å². The molecule has 0 saturated carbocycles. The fraction of sp³-hybridized carbons (Fsp3) is 0.562. The molecule has 0 unspecified atom stereocenters. The van der Waals surface area contributed by atoms with Gasteiger partial charge in [0.2, 0.25) is 0 Å². The Morgan fingerprint density at radius 1 is 1.35 bits per heavy atom. The van der Waals surface area contributed by atoms with Gasteiger partial charge in [-0.3, -0.25) is 9.48 Å². The van der Waals surface area contributed by atoms with Gasteiger partial charge < -0.3 is 14.7 Å². The lowest BCUT2D eigenvalue weighted by molar-refractivity contribution is 0.102. The van der Waals surface area contributed by atoms with E-state index in [0.717, 1.165) is 26.2 Å². The number of hydrogen-bond donors (Lipinski definition) is 1. The zero-order valence-electron chi connectivity index (χ0n) is 14.3. The molecule has 23 heavy (non-hydrogen) atoms. The van der Waals surface area contributed by atoms with Crippen molar-refractivity contribution in [2.75, 3.05) is 25.0 Å². The molecule has 0 aromatic carbocycles. The second kappa shape index (κ2) is 7.92. The first-order valence-corrected chi connectivity index (χ1v) is 8.10. The van der Waals surface area contributed by atoms with Gasteiger partial charge in [0.15, 0.2) is 0 Å². The number of carbonyl (C=O) groups excluding carboxylic acids is 1. The van der Waals surface area contributed by atoms with Crippen LogP contribution in [0.3, 0.4) is 0 Å². The maximum Gasteiger partial charge on any atom is 0.261 e. The van der Waals surface area contributed by atoms with Crippen LogP contribution in [0.25, 0.3) is 0 Å². The van der Waals surface area contributed by atoms with E-state index in [1.165, 1.54) is 0 Å². The number of anilines is 1. The Morgan fingerprint density at radius 2 is 2.09 bits per heavy atom. The summed E-state index contributed by atoms with van der Waals surface area (Å²) in [5.41, 5.74) is 1.87. The van der Waals surface area contributed by atoms with Gasteiger partial charge in [-0.15, -0.1) is 0 Å². The minimum atomic E-state index is -0.205. The molecule has 0 bridgehead atoms. The molecule has 0 saturated heterocycles. The monoisotopic (exact) mass is 319 g/mol. The van der Waals surface area contributed by atoms with Crippen LogP contribution in [0.1, 0.15) is 42.6 Å². The fourth-order valence-corrected chi connectivity index (χ4v) is 2.48. The second-order valence-electron chi connectivity index (χ2n) is 5.39. The lowest BCUT2D eigenvalue weighted by Crippen LogP contribution is -2.27. The number of aromatic nitrogens is 3. The molecule has 1 N–H and O–H groups in total. The van der Waals surface area contributed by atoms with Crippen LogP contribution >= 0.6 is 0 Å². The predicted molar refractivity (Wildman–Crippen MR) is 88.6 cm³/mol. The van der Waals surface area contributed by atoms with Crippen LogP contribution in [0.15, 0.2) is 16.9 Å². The van der Waals surface area contributed by atoms with Gasteiger partial charge in [0.1, 0.15) is 11.3 Å². The summed E-state index contributed by atoms with van der Waals surface area (Å²) in [7, 11) is 0. The largest absolute Gasteiger partial charge is 0.361 e. The van der Waals surface area contributed by atoms with Crippen molar-refractivity contribution in [1.82, 2.24) is 19.8 Å². The summed E-state index contributed by atoms with van der Waals surface area (Å²) in [5, 5.41) is 11.1. The van der Waals surface area contributed by atoms with E-state index in [0.29, 0.717) is 29.1 Å². The summed E-state index contributed by atoms with van der Waals surface area (Å²) in [6, 6.07) is 0. The van der Waals surface area contributed by atoms with E-state index in [2.05, 4.69) is 34.3 Å². The van der Waals surface area contributed by atoms with Gasteiger partial charge in [-0.2, -0.15) is 5.10 Å². The molecular weight excluding hydrogens is 294 g/mol. The van der Waals surface area contributed by atoms with Crippen LogP contribution in [-0.4, -0.2) is 45.4 Å². The molecule has 0 radical (unpaired) electrons. The summed E-state index contributed by atoms with van der Waals surface area (Å²) >= 11 is 0. The zero-order chi connectivity index (χ0) is 16.8.